The number of imidazole rings is 1. The molecule has 3 aromatic rings. The Kier molecular flexibility index (Phi) is 11.6. The van der Waals surface area contributed by atoms with Gasteiger partial charge in [-0.1, -0.05) is 38.5 Å². The number of aryl methyl sites for hydroxylation is 2. The molecule has 0 fully saturated rings. The van der Waals surface area contributed by atoms with E-state index < -0.39 is 0 Å². The monoisotopic (exact) mass is 557 g/mol. The Morgan fingerprint density at radius 2 is 1.48 bits per heavy atom. The molecule has 40 heavy (non-hydrogen) atoms. The zero-order chi connectivity index (χ0) is 29.1. The summed E-state index contributed by atoms with van der Waals surface area (Å²) in [6, 6.07) is 3.80. The molecule has 0 bridgehead atoms. The van der Waals surface area contributed by atoms with Crippen molar-refractivity contribution in [3.05, 3.63) is 44.9 Å². The Morgan fingerprint density at radius 3 is 2.08 bits per heavy atom. The maximum absolute atomic E-state index is 12.7. The average molecular weight is 558 g/mol. The molecule has 0 unspecified atom stereocenters. The normalized spacial score (nSPS) is 11.1. The fourth-order valence-corrected chi connectivity index (χ4v) is 4.92. The number of aromatic nitrogens is 4. The number of fused-ring (bicyclic) bond motifs is 1. The van der Waals surface area contributed by atoms with Gasteiger partial charge in [0.2, 0.25) is 11.7 Å². The molecule has 2 heterocycles. The van der Waals surface area contributed by atoms with E-state index >= 15 is 0 Å². The average Bonchev–Trinajstić information content (AvgIpc) is 3.35. The molecule has 0 saturated heterocycles. The second-order valence-electron chi connectivity index (χ2n) is 10.0. The Morgan fingerprint density at radius 1 is 0.875 bits per heavy atom. The van der Waals surface area contributed by atoms with Crippen molar-refractivity contribution in [1.29, 1.82) is 0 Å². The second kappa shape index (κ2) is 15.1. The first kappa shape index (κ1) is 30.8. The van der Waals surface area contributed by atoms with Crippen molar-refractivity contribution in [2.45, 2.75) is 70.8 Å². The number of amides is 1. The maximum Gasteiger partial charge on any atom is 0.332 e. The summed E-state index contributed by atoms with van der Waals surface area (Å²) in [6.07, 6.45) is 10.8. The van der Waals surface area contributed by atoms with Crippen LogP contribution >= 0.6 is 0 Å². The van der Waals surface area contributed by atoms with Gasteiger partial charge in [-0.05, 0) is 37.0 Å². The van der Waals surface area contributed by atoms with Gasteiger partial charge in [-0.3, -0.25) is 18.7 Å². The van der Waals surface area contributed by atoms with Crippen LogP contribution in [0.5, 0.6) is 17.2 Å². The van der Waals surface area contributed by atoms with Gasteiger partial charge in [0.05, 0.1) is 27.7 Å². The minimum Gasteiger partial charge on any atom is -0.493 e. The van der Waals surface area contributed by atoms with Crippen LogP contribution in [-0.4, -0.2) is 52.5 Å². The molecule has 3 rings (SSSR count). The van der Waals surface area contributed by atoms with E-state index in [1.54, 1.807) is 46.3 Å². The Hall–Kier alpha value is -3.76. The number of nitrogens with zero attached hydrogens (tertiary/aromatic N) is 4. The van der Waals surface area contributed by atoms with Crippen LogP contribution in [-0.2, 0) is 31.9 Å². The summed E-state index contributed by atoms with van der Waals surface area (Å²) in [7, 11) is 8.15. The van der Waals surface area contributed by atoms with Crippen molar-refractivity contribution in [2.24, 2.45) is 14.1 Å². The molecule has 11 heteroatoms. The number of nitrogens with one attached hydrogen (secondary N) is 1. The van der Waals surface area contributed by atoms with E-state index in [4.69, 9.17) is 14.2 Å². The van der Waals surface area contributed by atoms with Crippen LogP contribution in [0.25, 0.3) is 11.2 Å². The van der Waals surface area contributed by atoms with Crippen molar-refractivity contribution in [1.82, 2.24) is 24.0 Å². The summed E-state index contributed by atoms with van der Waals surface area (Å²) >= 11 is 0. The van der Waals surface area contributed by atoms with Crippen LogP contribution in [0.4, 0.5) is 0 Å². The summed E-state index contributed by atoms with van der Waals surface area (Å²) in [4.78, 5) is 41.7. The van der Waals surface area contributed by atoms with Gasteiger partial charge >= 0.3 is 5.69 Å². The van der Waals surface area contributed by atoms with Crippen molar-refractivity contribution >= 4 is 17.1 Å². The standard InChI is InChI=1S/C29H43N5O6/c1-32-20-31-27-25(32)28(36)34(29(37)33(27)2)17-13-11-9-7-6-8-10-12-14-24(35)30-16-15-21-18-22(38-3)26(40-5)23(19-21)39-4/h18-20H,6-17H2,1-5H3,(H,30,35). The Balaban J connectivity index is 1.25. The quantitative estimate of drug-likeness (QED) is 0.253. The number of unbranched alkanes of at least 4 members (excludes halogenated alkanes) is 7. The van der Waals surface area contributed by atoms with Crippen LogP contribution in [0.15, 0.2) is 28.0 Å². The number of ether oxygens (including phenoxy) is 3. The molecule has 1 amide bonds. The highest BCUT2D eigenvalue weighted by molar-refractivity contribution is 5.75. The largest absolute Gasteiger partial charge is 0.493 e. The minimum absolute atomic E-state index is 0.0677. The van der Waals surface area contributed by atoms with Crippen molar-refractivity contribution in [2.75, 3.05) is 27.9 Å². The summed E-state index contributed by atoms with van der Waals surface area (Å²) < 4.78 is 20.5. The number of benzene rings is 1. The molecule has 0 aliphatic heterocycles. The van der Waals surface area contributed by atoms with E-state index in [-0.39, 0.29) is 17.2 Å². The van der Waals surface area contributed by atoms with Crippen LogP contribution in [0.2, 0.25) is 0 Å². The van der Waals surface area contributed by atoms with E-state index in [0.717, 1.165) is 56.9 Å². The molecule has 2 aromatic heterocycles. The first-order valence-electron chi connectivity index (χ1n) is 14.0. The SMILES string of the molecule is COc1cc(CCNC(=O)CCCCCCCCCCn2c(=O)c3c(ncn3C)n(C)c2=O)cc(OC)c1OC. The van der Waals surface area contributed by atoms with E-state index in [9.17, 15) is 14.4 Å². The van der Waals surface area contributed by atoms with Gasteiger partial charge < -0.3 is 24.1 Å². The second-order valence-corrected chi connectivity index (χ2v) is 10.0. The third kappa shape index (κ3) is 7.67. The molecule has 0 radical (unpaired) electrons. The molecule has 1 N–H and O–H groups in total. The minimum atomic E-state index is -0.318. The Bertz CT molecular complexity index is 1370. The lowest BCUT2D eigenvalue weighted by Crippen LogP contribution is -2.39. The lowest BCUT2D eigenvalue weighted by atomic mass is 10.1. The molecule has 0 aliphatic rings. The van der Waals surface area contributed by atoms with E-state index in [0.29, 0.717) is 54.3 Å². The number of carbonyl (C=O) groups is 1. The van der Waals surface area contributed by atoms with Gasteiger partial charge in [-0.25, -0.2) is 9.78 Å². The number of rotatable bonds is 17. The molecule has 0 aliphatic carbocycles. The van der Waals surface area contributed by atoms with Gasteiger partial charge in [-0.15, -0.1) is 0 Å². The van der Waals surface area contributed by atoms with Crippen molar-refractivity contribution in [3.8, 4) is 17.2 Å². The summed E-state index contributed by atoms with van der Waals surface area (Å²) in [5.74, 6) is 1.83. The lowest BCUT2D eigenvalue weighted by molar-refractivity contribution is -0.121. The van der Waals surface area contributed by atoms with Gasteiger partial charge in [0.1, 0.15) is 0 Å². The van der Waals surface area contributed by atoms with Gasteiger partial charge in [0.25, 0.3) is 5.56 Å². The van der Waals surface area contributed by atoms with E-state index in [1.165, 1.54) is 9.13 Å². The third-order valence-electron chi connectivity index (χ3n) is 7.20. The zero-order valence-corrected chi connectivity index (χ0v) is 24.5. The van der Waals surface area contributed by atoms with E-state index in [2.05, 4.69) is 10.3 Å². The summed E-state index contributed by atoms with van der Waals surface area (Å²) in [6.45, 7) is 0.965. The molecule has 220 valence electrons. The van der Waals surface area contributed by atoms with Crippen LogP contribution in [0.3, 0.4) is 0 Å². The lowest BCUT2D eigenvalue weighted by Gasteiger charge is -2.14. The molecule has 11 nitrogen and oxygen atoms in total. The van der Waals surface area contributed by atoms with Crippen molar-refractivity contribution in [3.63, 3.8) is 0 Å². The molecule has 0 spiro atoms. The highest BCUT2D eigenvalue weighted by Crippen LogP contribution is 2.38. The number of carbonyl (C=O) groups excluding carboxylic acids is 1. The highest BCUT2D eigenvalue weighted by atomic mass is 16.5. The fourth-order valence-electron chi connectivity index (χ4n) is 4.92. The predicted octanol–water partition coefficient (Wildman–Crippen LogP) is 3.33. The summed E-state index contributed by atoms with van der Waals surface area (Å²) in [5, 5.41) is 2.99. The van der Waals surface area contributed by atoms with E-state index in [1.807, 2.05) is 12.1 Å². The van der Waals surface area contributed by atoms with Crippen LogP contribution in [0, 0.1) is 0 Å². The molecular formula is C29H43N5O6. The van der Waals surface area contributed by atoms with Crippen molar-refractivity contribution < 1.29 is 19.0 Å². The predicted molar refractivity (Wildman–Crippen MR) is 155 cm³/mol. The molecule has 1 aromatic carbocycles. The van der Waals surface area contributed by atoms with Gasteiger partial charge in [0, 0.05) is 33.6 Å². The van der Waals surface area contributed by atoms with Gasteiger partial charge in [0.15, 0.2) is 22.7 Å². The van der Waals surface area contributed by atoms with Gasteiger partial charge in [-0.2, -0.15) is 0 Å². The third-order valence-corrected chi connectivity index (χ3v) is 7.20. The topological polar surface area (TPSA) is 119 Å². The number of hydrogen-bond donors (Lipinski definition) is 1. The molecule has 0 saturated carbocycles. The molecule has 0 atom stereocenters. The number of methoxy groups -OCH3 is 3. The first-order valence-corrected chi connectivity index (χ1v) is 14.0. The zero-order valence-electron chi connectivity index (χ0n) is 24.5. The smallest absolute Gasteiger partial charge is 0.332 e. The number of hydrogen-bond acceptors (Lipinski definition) is 7. The highest BCUT2D eigenvalue weighted by Gasteiger charge is 2.15. The first-order chi connectivity index (χ1) is 19.3. The maximum atomic E-state index is 12.7. The molecular weight excluding hydrogens is 514 g/mol. The fraction of sp³-hybridized carbons (Fsp3) is 0.586. The summed E-state index contributed by atoms with van der Waals surface area (Å²) in [5.41, 5.74) is 1.28. The van der Waals surface area contributed by atoms with Crippen LogP contribution < -0.4 is 30.8 Å². The van der Waals surface area contributed by atoms with Crippen LogP contribution in [0.1, 0.15) is 63.4 Å². The Labute approximate surface area is 235 Å².